The van der Waals surface area contributed by atoms with Gasteiger partial charge in [0, 0.05) is 11.2 Å². The summed E-state index contributed by atoms with van der Waals surface area (Å²) in [7, 11) is -3.69. The van der Waals surface area contributed by atoms with Crippen LogP contribution < -0.4 is 0 Å². The third-order valence-corrected chi connectivity index (χ3v) is 5.61. The maximum atomic E-state index is 12.5. The van der Waals surface area contributed by atoms with E-state index in [9.17, 15) is 34.8 Å². The van der Waals surface area contributed by atoms with Crippen molar-refractivity contribution in [2.45, 2.75) is 35.4 Å². The van der Waals surface area contributed by atoms with Crippen LogP contribution in [0.2, 0.25) is 0 Å². The molecule has 2 N–H and O–H groups in total. The van der Waals surface area contributed by atoms with E-state index in [1.165, 1.54) is 17.8 Å². The van der Waals surface area contributed by atoms with Crippen molar-refractivity contribution in [1.82, 2.24) is 0 Å². The summed E-state index contributed by atoms with van der Waals surface area (Å²) in [5.74, 6) is 0. The van der Waals surface area contributed by atoms with Crippen molar-refractivity contribution in [3.63, 3.8) is 0 Å². The van der Waals surface area contributed by atoms with Crippen LogP contribution in [0, 0.1) is 0 Å². The van der Waals surface area contributed by atoms with E-state index in [1.54, 1.807) is 12.3 Å². The first-order valence-electron chi connectivity index (χ1n) is 8.01. The summed E-state index contributed by atoms with van der Waals surface area (Å²) in [6.07, 6.45) is -6.56. The number of aliphatic hydroxyl groups is 2. The molecule has 0 amide bonds. The van der Waals surface area contributed by atoms with Crippen molar-refractivity contribution in [2.75, 3.05) is 12.5 Å². The molecule has 30 heavy (non-hydrogen) atoms. The van der Waals surface area contributed by atoms with Crippen LogP contribution in [0.3, 0.4) is 0 Å². The summed E-state index contributed by atoms with van der Waals surface area (Å²) in [4.78, 5) is 0.117. The second-order valence-electron chi connectivity index (χ2n) is 5.93. The number of benzene rings is 2. The minimum absolute atomic E-state index is 0.0877. The standard InChI is InChI=1S/C9H9F3O3S.C9H9F3OS/c1-16(14,15)7-3-2-6(5-13)8(4-7)9(10,11)12;1-14-7-3-2-6(5-13)8(4-7)9(10,11)12/h2-4,13H,5H2,1H3;2-4,13H,5H2,1H3. The number of halogens is 6. The Hall–Kier alpha value is -1.76. The molecular formula is C18H18F6O4S2. The lowest BCUT2D eigenvalue weighted by atomic mass is 10.1. The Balaban J connectivity index is 0.000000303. The quantitative estimate of drug-likeness (QED) is 0.502. The van der Waals surface area contributed by atoms with Crippen LogP contribution in [0.25, 0.3) is 0 Å². The molecule has 0 fully saturated rings. The van der Waals surface area contributed by atoms with Gasteiger partial charge in [-0.05, 0) is 41.6 Å². The lowest BCUT2D eigenvalue weighted by Crippen LogP contribution is -2.11. The highest BCUT2D eigenvalue weighted by Crippen LogP contribution is 2.35. The molecule has 0 saturated heterocycles. The number of rotatable bonds is 4. The van der Waals surface area contributed by atoms with Crippen LogP contribution in [0.1, 0.15) is 22.3 Å². The first-order chi connectivity index (χ1) is 13.6. The number of alkyl halides is 6. The fourth-order valence-corrected chi connectivity index (χ4v) is 3.36. The predicted octanol–water partition coefficient (Wildman–Crippen LogP) is 4.52. The van der Waals surface area contributed by atoms with Gasteiger partial charge in [-0.15, -0.1) is 11.8 Å². The van der Waals surface area contributed by atoms with Crippen LogP contribution in [0.4, 0.5) is 26.3 Å². The molecule has 0 radical (unpaired) electrons. The summed E-state index contributed by atoms with van der Waals surface area (Å²) < 4.78 is 97.0. The van der Waals surface area contributed by atoms with E-state index in [4.69, 9.17) is 10.2 Å². The van der Waals surface area contributed by atoms with E-state index in [0.29, 0.717) is 11.0 Å². The highest BCUT2D eigenvalue weighted by molar-refractivity contribution is 7.98. The monoisotopic (exact) mass is 476 g/mol. The normalized spacial score (nSPS) is 12.3. The molecule has 0 atom stereocenters. The average Bonchev–Trinajstić information content (AvgIpc) is 2.65. The lowest BCUT2D eigenvalue weighted by Gasteiger charge is -2.12. The molecule has 0 bridgehead atoms. The van der Waals surface area contributed by atoms with Gasteiger partial charge in [-0.2, -0.15) is 26.3 Å². The Kier molecular flexibility index (Phi) is 8.79. The molecule has 0 unspecified atom stereocenters. The largest absolute Gasteiger partial charge is 0.416 e. The number of hydrogen-bond acceptors (Lipinski definition) is 5. The molecule has 4 nitrogen and oxygen atoms in total. The van der Waals surface area contributed by atoms with Gasteiger partial charge in [0.1, 0.15) is 0 Å². The van der Waals surface area contributed by atoms with Gasteiger partial charge in [-0.1, -0.05) is 12.1 Å². The zero-order valence-electron chi connectivity index (χ0n) is 15.7. The summed E-state index contributed by atoms with van der Waals surface area (Å²) in [5.41, 5.74) is -2.32. The SMILES string of the molecule is CS(=O)(=O)c1ccc(CO)c(C(F)(F)F)c1.CSc1ccc(CO)c(C(F)(F)F)c1. The molecule has 12 heteroatoms. The van der Waals surface area contributed by atoms with Crippen LogP contribution in [0.15, 0.2) is 46.2 Å². The minimum atomic E-state index is -4.68. The molecule has 2 rings (SSSR count). The molecular weight excluding hydrogens is 458 g/mol. The summed E-state index contributed by atoms with van der Waals surface area (Å²) in [6, 6.07) is 6.44. The molecule has 0 aliphatic carbocycles. The van der Waals surface area contributed by atoms with Crippen molar-refractivity contribution in [2.24, 2.45) is 0 Å². The third kappa shape index (κ3) is 7.18. The van der Waals surface area contributed by atoms with E-state index in [0.717, 1.165) is 24.5 Å². The third-order valence-electron chi connectivity index (χ3n) is 3.78. The van der Waals surface area contributed by atoms with Gasteiger partial charge in [0.25, 0.3) is 0 Å². The summed E-state index contributed by atoms with van der Waals surface area (Å²) >= 11 is 1.24. The molecule has 0 aromatic heterocycles. The maximum Gasteiger partial charge on any atom is 0.416 e. The molecule has 2 aromatic rings. The highest BCUT2D eigenvalue weighted by Gasteiger charge is 2.34. The topological polar surface area (TPSA) is 74.6 Å². The van der Waals surface area contributed by atoms with Crippen LogP contribution in [-0.4, -0.2) is 31.1 Å². The molecule has 0 aliphatic heterocycles. The fourth-order valence-electron chi connectivity index (χ4n) is 2.27. The summed E-state index contributed by atoms with van der Waals surface area (Å²) in [6.45, 7) is -1.39. The Bertz CT molecular complexity index is 970. The number of hydrogen-bond donors (Lipinski definition) is 2. The van der Waals surface area contributed by atoms with Gasteiger partial charge in [0.05, 0.1) is 29.2 Å². The summed E-state index contributed by atoms with van der Waals surface area (Å²) in [5, 5.41) is 17.5. The van der Waals surface area contributed by atoms with Crippen molar-refractivity contribution in [1.29, 1.82) is 0 Å². The Morgan fingerprint density at radius 3 is 1.63 bits per heavy atom. The lowest BCUT2D eigenvalue weighted by molar-refractivity contribution is -0.139. The Morgan fingerprint density at radius 1 is 0.833 bits per heavy atom. The van der Waals surface area contributed by atoms with Crippen LogP contribution in [-0.2, 0) is 35.4 Å². The molecule has 0 spiro atoms. The van der Waals surface area contributed by atoms with E-state index in [-0.39, 0.29) is 11.1 Å². The highest BCUT2D eigenvalue weighted by atomic mass is 32.2. The molecule has 2 aromatic carbocycles. The minimum Gasteiger partial charge on any atom is -0.392 e. The Labute approximate surface area is 173 Å². The van der Waals surface area contributed by atoms with E-state index in [2.05, 4.69) is 0 Å². The fraction of sp³-hybridized carbons (Fsp3) is 0.333. The molecule has 0 heterocycles. The maximum absolute atomic E-state index is 12.5. The van der Waals surface area contributed by atoms with Gasteiger partial charge in [0.2, 0.25) is 0 Å². The van der Waals surface area contributed by atoms with Gasteiger partial charge in [0.15, 0.2) is 9.84 Å². The Morgan fingerprint density at radius 2 is 1.27 bits per heavy atom. The number of aliphatic hydroxyl groups excluding tert-OH is 2. The zero-order chi connectivity index (χ0) is 23.3. The van der Waals surface area contributed by atoms with Crippen molar-refractivity contribution in [3.8, 4) is 0 Å². The van der Waals surface area contributed by atoms with Gasteiger partial charge >= 0.3 is 12.4 Å². The van der Waals surface area contributed by atoms with Crippen LogP contribution in [0.5, 0.6) is 0 Å². The smallest absolute Gasteiger partial charge is 0.392 e. The van der Waals surface area contributed by atoms with E-state index < -0.39 is 51.4 Å². The van der Waals surface area contributed by atoms with Gasteiger partial charge in [-0.3, -0.25) is 0 Å². The van der Waals surface area contributed by atoms with Gasteiger partial charge < -0.3 is 10.2 Å². The van der Waals surface area contributed by atoms with Crippen molar-refractivity contribution >= 4 is 21.6 Å². The van der Waals surface area contributed by atoms with Crippen molar-refractivity contribution in [3.05, 3.63) is 58.7 Å². The second-order valence-corrected chi connectivity index (χ2v) is 8.82. The van der Waals surface area contributed by atoms with Crippen LogP contribution >= 0.6 is 11.8 Å². The zero-order valence-corrected chi connectivity index (χ0v) is 17.3. The van der Waals surface area contributed by atoms with Crippen molar-refractivity contribution < 1.29 is 45.0 Å². The molecule has 0 saturated carbocycles. The molecule has 0 aliphatic rings. The second kappa shape index (κ2) is 10.0. The number of sulfone groups is 1. The molecule has 168 valence electrons. The van der Waals surface area contributed by atoms with Gasteiger partial charge in [-0.25, -0.2) is 8.42 Å². The number of thioether (sulfide) groups is 1. The van der Waals surface area contributed by atoms with E-state index >= 15 is 0 Å². The average molecular weight is 476 g/mol. The predicted molar refractivity (Wildman–Crippen MR) is 99.6 cm³/mol. The van der Waals surface area contributed by atoms with E-state index in [1.807, 2.05) is 0 Å². The first-order valence-corrected chi connectivity index (χ1v) is 11.1. The first kappa shape index (κ1) is 26.3.